The molecule has 0 saturated heterocycles. The van der Waals surface area contributed by atoms with Crippen LogP contribution in [0.4, 0.5) is 5.69 Å². The number of nitrogens with zero attached hydrogens (tertiary/aromatic N) is 2. The number of nitrogens with two attached hydrogens (primary N) is 1. The van der Waals surface area contributed by atoms with E-state index in [1.807, 2.05) is 6.07 Å². The van der Waals surface area contributed by atoms with Crippen molar-refractivity contribution in [2.24, 2.45) is 5.84 Å². The van der Waals surface area contributed by atoms with Crippen LogP contribution in [0.3, 0.4) is 0 Å². The summed E-state index contributed by atoms with van der Waals surface area (Å²) in [5.74, 6) is 5.09. The van der Waals surface area contributed by atoms with E-state index in [1.54, 1.807) is 12.3 Å². The number of nitriles is 1. The van der Waals surface area contributed by atoms with Gasteiger partial charge in [0.15, 0.2) is 0 Å². The summed E-state index contributed by atoms with van der Waals surface area (Å²) in [7, 11) is 0. The largest absolute Gasteiger partial charge is 0.322 e. The van der Waals surface area contributed by atoms with Crippen molar-refractivity contribution in [3.8, 4) is 6.07 Å². The van der Waals surface area contributed by atoms with Crippen molar-refractivity contribution in [3.05, 3.63) is 24.0 Å². The quantitative estimate of drug-likeness (QED) is 0.426. The van der Waals surface area contributed by atoms with Gasteiger partial charge in [-0.3, -0.25) is 10.8 Å². The zero-order chi connectivity index (χ0) is 7.40. The Bertz CT molecular complexity index is 263. The number of hydrogen-bond donors (Lipinski definition) is 2. The van der Waals surface area contributed by atoms with E-state index >= 15 is 0 Å². The molecule has 0 atom stereocenters. The second-order valence-electron chi connectivity index (χ2n) is 1.68. The van der Waals surface area contributed by atoms with E-state index in [0.29, 0.717) is 11.3 Å². The molecule has 0 unspecified atom stereocenters. The van der Waals surface area contributed by atoms with Crippen molar-refractivity contribution in [2.75, 3.05) is 5.43 Å². The van der Waals surface area contributed by atoms with Gasteiger partial charge in [0.05, 0.1) is 17.4 Å². The predicted molar refractivity (Wildman–Crippen MR) is 36.8 cm³/mol. The van der Waals surface area contributed by atoms with Crippen LogP contribution in [0.2, 0.25) is 0 Å². The maximum absolute atomic E-state index is 8.48. The molecule has 0 aromatic carbocycles. The minimum Gasteiger partial charge on any atom is -0.322 e. The summed E-state index contributed by atoms with van der Waals surface area (Å²) >= 11 is 0. The third-order valence-corrected chi connectivity index (χ3v) is 1.10. The van der Waals surface area contributed by atoms with Crippen molar-refractivity contribution < 1.29 is 0 Å². The number of hydrazine groups is 1. The van der Waals surface area contributed by atoms with Crippen LogP contribution in [0.5, 0.6) is 0 Å². The van der Waals surface area contributed by atoms with Crippen LogP contribution in [0.1, 0.15) is 5.56 Å². The van der Waals surface area contributed by atoms with Gasteiger partial charge in [-0.15, -0.1) is 0 Å². The third-order valence-electron chi connectivity index (χ3n) is 1.10. The zero-order valence-electron chi connectivity index (χ0n) is 5.20. The average molecular weight is 134 g/mol. The van der Waals surface area contributed by atoms with E-state index in [-0.39, 0.29) is 0 Å². The first-order chi connectivity index (χ1) is 4.88. The average Bonchev–Trinajstić information content (AvgIpc) is 2.04. The van der Waals surface area contributed by atoms with Gasteiger partial charge in [-0.05, 0) is 6.07 Å². The van der Waals surface area contributed by atoms with Gasteiger partial charge < -0.3 is 5.43 Å². The summed E-state index contributed by atoms with van der Waals surface area (Å²) in [5, 5.41) is 8.48. The Labute approximate surface area is 58.3 Å². The molecule has 0 fully saturated rings. The topological polar surface area (TPSA) is 74.7 Å². The number of rotatable bonds is 1. The first kappa shape index (κ1) is 6.52. The summed E-state index contributed by atoms with van der Waals surface area (Å²) in [5.41, 5.74) is 3.41. The minimum absolute atomic E-state index is 0.498. The van der Waals surface area contributed by atoms with E-state index < -0.39 is 0 Å². The summed E-state index contributed by atoms with van der Waals surface area (Å²) in [4.78, 5) is 3.77. The number of nitrogen functional groups attached to an aromatic ring is 1. The van der Waals surface area contributed by atoms with Gasteiger partial charge in [-0.2, -0.15) is 5.26 Å². The Hall–Kier alpha value is -1.60. The summed E-state index contributed by atoms with van der Waals surface area (Å²) < 4.78 is 0. The van der Waals surface area contributed by atoms with Crippen LogP contribution in [-0.4, -0.2) is 4.98 Å². The highest BCUT2D eigenvalue weighted by molar-refractivity contribution is 5.54. The lowest BCUT2D eigenvalue weighted by molar-refractivity contribution is 1.25. The molecule has 1 aromatic heterocycles. The smallest absolute Gasteiger partial charge is 0.101 e. The molecule has 1 aromatic rings. The Balaban J connectivity index is 3.12. The molecule has 50 valence electrons. The van der Waals surface area contributed by atoms with Crippen LogP contribution < -0.4 is 11.3 Å². The van der Waals surface area contributed by atoms with Gasteiger partial charge in [0, 0.05) is 6.20 Å². The Morgan fingerprint density at radius 3 is 3.00 bits per heavy atom. The number of pyridine rings is 1. The van der Waals surface area contributed by atoms with Crippen LogP contribution >= 0.6 is 0 Å². The molecule has 0 spiro atoms. The van der Waals surface area contributed by atoms with Gasteiger partial charge in [0.25, 0.3) is 0 Å². The van der Waals surface area contributed by atoms with E-state index in [1.165, 1.54) is 6.20 Å². The van der Waals surface area contributed by atoms with Crippen molar-refractivity contribution in [1.82, 2.24) is 4.98 Å². The Morgan fingerprint density at radius 1 is 1.70 bits per heavy atom. The summed E-state index contributed by atoms with van der Waals surface area (Å²) in [6.07, 6.45) is 3.04. The molecule has 10 heavy (non-hydrogen) atoms. The molecule has 0 amide bonds. The molecule has 1 rings (SSSR count). The fourth-order valence-electron chi connectivity index (χ4n) is 0.607. The van der Waals surface area contributed by atoms with Gasteiger partial charge in [0.2, 0.25) is 0 Å². The molecule has 0 aliphatic rings. The van der Waals surface area contributed by atoms with E-state index in [4.69, 9.17) is 11.1 Å². The third kappa shape index (κ3) is 1.04. The lowest BCUT2D eigenvalue weighted by atomic mass is 10.2. The fraction of sp³-hybridized carbons (Fsp3) is 0. The molecular weight excluding hydrogens is 128 g/mol. The highest BCUT2D eigenvalue weighted by Gasteiger charge is 1.95. The maximum atomic E-state index is 8.48. The SMILES string of the molecule is N#Cc1ccncc1NN. The number of nitrogens with one attached hydrogen (secondary N) is 1. The molecule has 0 radical (unpaired) electrons. The van der Waals surface area contributed by atoms with Crippen LogP contribution in [0.15, 0.2) is 18.5 Å². The van der Waals surface area contributed by atoms with Crippen molar-refractivity contribution in [1.29, 1.82) is 5.26 Å². The molecule has 4 nitrogen and oxygen atoms in total. The molecule has 0 aliphatic carbocycles. The maximum Gasteiger partial charge on any atom is 0.101 e. The standard InChI is InChI=1S/C6H6N4/c7-3-5-1-2-9-4-6(5)10-8/h1-2,4,10H,8H2. The number of anilines is 1. The van der Waals surface area contributed by atoms with E-state index in [0.717, 1.165) is 0 Å². The highest BCUT2D eigenvalue weighted by Crippen LogP contribution is 2.08. The number of aromatic nitrogens is 1. The lowest BCUT2D eigenvalue weighted by Crippen LogP contribution is -2.08. The predicted octanol–water partition coefficient (Wildman–Crippen LogP) is 0.239. The molecule has 4 heteroatoms. The van der Waals surface area contributed by atoms with Crippen LogP contribution in [0.25, 0.3) is 0 Å². The van der Waals surface area contributed by atoms with E-state index in [9.17, 15) is 0 Å². The summed E-state index contributed by atoms with van der Waals surface area (Å²) in [6, 6.07) is 3.56. The Kier molecular flexibility index (Phi) is 1.83. The van der Waals surface area contributed by atoms with Gasteiger partial charge in [-0.1, -0.05) is 0 Å². The van der Waals surface area contributed by atoms with Crippen LogP contribution in [-0.2, 0) is 0 Å². The minimum atomic E-state index is 0.498. The summed E-state index contributed by atoms with van der Waals surface area (Å²) in [6.45, 7) is 0. The van der Waals surface area contributed by atoms with Gasteiger partial charge in [0.1, 0.15) is 6.07 Å². The monoisotopic (exact) mass is 134 g/mol. The molecule has 0 aliphatic heterocycles. The first-order valence-electron chi connectivity index (χ1n) is 2.69. The normalized spacial score (nSPS) is 8.40. The van der Waals surface area contributed by atoms with Crippen molar-refractivity contribution in [2.45, 2.75) is 0 Å². The second kappa shape index (κ2) is 2.80. The molecular formula is C6H6N4. The van der Waals surface area contributed by atoms with Crippen molar-refractivity contribution in [3.63, 3.8) is 0 Å². The van der Waals surface area contributed by atoms with Crippen molar-refractivity contribution >= 4 is 5.69 Å². The Morgan fingerprint density at radius 2 is 2.50 bits per heavy atom. The molecule has 0 saturated carbocycles. The molecule has 3 N–H and O–H groups in total. The fourth-order valence-corrected chi connectivity index (χ4v) is 0.607. The molecule has 0 bridgehead atoms. The van der Waals surface area contributed by atoms with Crippen LogP contribution in [0, 0.1) is 11.3 Å². The highest BCUT2D eigenvalue weighted by atomic mass is 15.2. The molecule has 1 heterocycles. The van der Waals surface area contributed by atoms with Gasteiger partial charge in [-0.25, -0.2) is 0 Å². The second-order valence-corrected chi connectivity index (χ2v) is 1.68. The zero-order valence-corrected chi connectivity index (χ0v) is 5.20. The number of hydrogen-bond acceptors (Lipinski definition) is 4. The first-order valence-corrected chi connectivity index (χ1v) is 2.69. The van der Waals surface area contributed by atoms with Gasteiger partial charge >= 0.3 is 0 Å². The lowest BCUT2D eigenvalue weighted by Gasteiger charge is -1.98. The van der Waals surface area contributed by atoms with E-state index in [2.05, 4.69) is 10.4 Å².